The molecule has 0 saturated carbocycles. The fourth-order valence-electron chi connectivity index (χ4n) is 1.71. The molecule has 15 heavy (non-hydrogen) atoms. The molecule has 0 aromatic heterocycles. The Bertz CT molecular complexity index is 388. The summed E-state index contributed by atoms with van der Waals surface area (Å²) in [6.45, 7) is 0.899. The van der Waals surface area contributed by atoms with Crippen LogP contribution in [0.15, 0.2) is 39.1 Å². The van der Waals surface area contributed by atoms with Crippen molar-refractivity contribution >= 4 is 27.5 Å². The molecule has 1 saturated heterocycles. The largest absolute Gasteiger partial charge is 0.328 e. The minimum atomic E-state index is 0.757. The summed E-state index contributed by atoms with van der Waals surface area (Å²) in [6, 6.07) is 7.94. The van der Waals surface area contributed by atoms with Crippen molar-refractivity contribution in [3.63, 3.8) is 0 Å². The first kappa shape index (κ1) is 10.3. The van der Waals surface area contributed by atoms with Gasteiger partial charge in [0.2, 0.25) is 0 Å². The molecule has 2 rings (SSSR count). The molecular formula is C10H10BrN3O. The van der Waals surface area contributed by atoms with Crippen molar-refractivity contribution in [1.29, 1.82) is 0 Å². The highest BCUT2D eigenvalue weighted by molar-refractivity contribution is 9.10. The number of nitroso groups, excluding NO2 is 1. The lowest BCUT2D eigenvalue weighted by atomic mass is 10.3. The average Bonchev–Trinajstić information content (AvgIpc) is 2.68. The lowest BCUT2D eigenvalue weighted by molar-refractivity contribution is 0.956. The Kier molecular flexibility index (Phi) is 3.11. The fraction of sp³-hybridized carbons (Fsp3) is 0.300. The summed E-state index contributed by atoms with van der Waals surface area (Å²) in [6.07, 6.45) is 1.84. The smallest absolute Gasteiger partial charge is 0.135 e. The van der Waals surface area contributed by atoms with E-state index in [1.54, 1.807) is 0 Å². The van der Waals surface area contributed by atoms with Crippen LogP contribution in [0.4, 0.5) is 5.69 Å². The van der Waals surface area contributed by atoms with Crippen molar-refractivity contribution in [3.8, 4) is 0 Å². The topological polar surface area (TPSA) is 45.0 Å². The van der Waals surface area contributed by atoms with E-state index >= 15 is 0 Å². The first-order valence-electron chi connectivity index (χ1n) is 4.73. The molecule has 0 N–H and O–H groups in total. The van der Waals surface area contributed by atoms with Gasteiger partial charge in [-0.05, 0) is 30.7 Å². The first-order chi connectivity index (χ1) is 7.31. The Morgan fingerprint density at radius 1 is 1.27 bits per heavy atom. The van der Waals surface area contributed by atoms with Crippen molar-refractivity contribution in [2.45, 2.75) is 12.8 Å². The molecule has 0 aliphatic carbocycles. The standard InChI is InChI=1S/C10H10BrN3O/c11-8-3-5-9(6-4-8)14-7-1-2-10(14)12-13-15/h3-6H,1-2,7H2/b12-10+. The van der Waals surface area contributed by atoms with Gasteiger partial charge in [0.05, 0.1) is 5.29 Å². The molecule has 4 nitrogen and oxygen atoms in total. The van der Waals surface area contributed by atoms with E-state index in [9.17, 15) is 4.91 Å². The molecule has 78 valence electrons. The number of rotatable bonds is 2. The van der Waals surface area contributed by atoms with Crippen LogP contribution >= 0.6 is 15.9 Å². The van der Waals surface area contributed by atoms with Crippen molar-refractivity contribution in [2.75, 3.05) is 11.4 Å². The average molecular weight is 268 g/mol. The van der Waals surface area contributed by atoms with Crippen molar-refractivity contribution < 1.29 is 0 Å². The summed E-state index contributed by atoms with van der Waals surface area (Å²) in [5.74, 6) is 0.757. The zero-order valence-corrected chi connectivity index (χ0v) is 9.64. The molecule has 1 aliphatic rings. The van der Waals surface area contributed by atoms with E-state index < -0.39 is 0 Å². The lowest BCUT2D eigenvalue weighted by Crippen LogP contribution is -2.23. The molecule has 1 aliphatic heterocycles. The van der Waals surface area contributed by atoms with Crippen LogP contribution in [-0.4, -0.2) is 12.4 Å². The minimum Gasteiger partial charge on any atom is -0.328 e. The van der Waals surface area contributed by atoms with Crippen molar-refractivity contribution in [3.05, 3.63) is 33.6 Å². The van der Waals surface area contributed by atoms with Crippen LogP contribution in [0.5, 0.6) is 0 Å². The van der Waals surface area contributed by atoms with Gasteiger partial charge in [0.1, 0.15) is 5.84 Å². The second-order valence-corrected chi connectivity index (χ2v) is 4.25. The van der Waals surface area contributed by atoms with Crippen LogP contribution in [0, 0.1) is 4.91 Å². The highest BCUT2D eigenvalue weighted by atomic mass is 79.9. The summed E-state index contributed by atoms with van der Waals surface area (Å²) in [7, 11) is 0. The number of hydrogen-bond acceptors (Lipinski definition) is 2. The Morgan fingerprint density at radius 2 is 2.00 bits per heavy atom. The summed E-state index contributed by atoms with van der Waals surface area (Å²) in [5.41, 5.74) is 1.05. The second kappa shape index (κ2) is 4.53. The maximum absolute atomic E-state index is 10.1. The molecule has 0 unspecified atom stereocenters. The number of benzene rings is 1. The molecule has 1 aromatic rings. The number of hydrogen-bond donors (Lipinski definition) is 0. The van der Waals surface area contributed by atoms with E-state index in [1.165, 1.54) is 0 Å². The monoisotopic (exact) mass is 267 g/mol. The van der Waals surface area contributed by atoms with Gasteiger partial charge in [0.15, 0.2) is 0 Å². The van der Waals surface area contributed by atoms with E-state index in [0.717, 1.165) is 35.4 Å². The molecule has 0 spiro atoms. The Hall–Kier alpha value is -1.23. The van der Waals surface area contributed by atoms with Crippen LogP contribution in [0.1, 0.15) is 12.8 Å². The van der Waals surface area contributed by atoms with E-state index in [2.05, 4.69) is 26.3 Å². The van der Waals surface area contributed by atoms with Crippen LogP contribution in [0.25, 0.3) is 0 Å². The zero-order chi connectivity index (χ0) is 10.7. The SMILES string of the molecule is O=N/N=C1\CCCN1c1ccc(Br)cc1. The van der Waals surface area contributed by atoms with E-state index in [1.807, 2.05) is 29.2 Å². The number of nitrogens with zero attached hydrogens (tertiary/aromatic N) is 3. The minimum absolute atomic E-state index is 0.757. The molecule has 0 amide bonds. The van der Waals surface area contributed by atoms with Gasteiger partial charge in [-0.2, -0.15) is 0 Å². The normalized spacial score (nSPS) is 18.5. The van der Waals surface area contributed by atoms with Crippen LogP contribution < -0.4 is 4.90 Å². The quantitative estimate of drug-likeness (QED) is 0.611. The van der Waals surface area contributed by atoms with Crippen LogP contribution in [0.3, 0.4) is 0 Å². The van der Waals surface area contributed by atoms with Gasteiger partial charge in [-0.3, -0.25) is 0 Å². The Morgan fingerprint density at radius 3 is 2.67 bits per heavy atom. The Balaban J connectivity index is 2.26. The third-order valence-electron chi connectivity index (χ3n) is 2.39. The van der Waals surface area contributed by atoms with Gasteiger partial charge in [0, 0.05) is 23.1 Å². The summed E-state index contributed by atoms with van der Waals surface area (Å²) >= 11 is 3.38. The predicted molar refractivity (Wildman–Crippen MR) is 64.0 cm³/mol. The number of amidine groups is 1. The molecular weight excluding hydrogens is 258 g/mol. The fourth-order valence-corrected chi connectivity index (χ4v) is 1.97. The predicted octanol–water partition coefficient (Wildman–Crippen LogP) is 3.13. The van der Waals surface area contributed by atoms with Gasteiger partial charge in [0.25, 0.3) is 0 Å². The third kappa shape index (κ3) is 2.23. The van der Waals surface area contributed by atoms with E-state index in [-0.39, 0.29) is 0 Å². The lowest BCUT2D eigenvalue weighted by Gasteiger charge is -2.17. The molecule has 1 fully saturated rings. The summed E-state index contributed by atoms with van der Waals surface area (Å²) < 4.78 is 1.04. The van der Waals surface area contributed by atoms with E-state index in [4.69, 9.17) is 0 Å². The molecule has 1 aromatic carbocycles. The Labute approximate surface area is 96.1 Å². The zero-order valence-electron chi connectivity index (χ0n) is 8.06. The van der Waals surface area contributed by atoms with Crippen LogP contribution in [-0.2, 0) is 0 Å². The maximum Gasteiger partial charge on any atom is 0.135 e. The number of anilines is 1. The van der Waals surface area contributed by atoms with Gasteiger partial charge < -0.3 is 4.90 Å². The molecule has 0 atom stereocenters. The number of halogens is 1. The van der Waals surface area contributed by atoms with Gasteiger partial charge in [-0.15, -0.1) is 4.91 Å². The van der Waals surface area contributed by atoms with Gasteiger partial charge in [-0.1, -0.05) is 21.0 Å². The van der Waals surface area contributed by atoms with Crippen molar-refractivity contribution in [1.82, 2.24) is 0 Å². The summed E-state index contributed by atoms with van der Waals surface area (Å²) in [5, 5.41) is 6.20. The second-order valence-electron chi connectivity index (χ2n) is 3.33. The molecule has 0 radical (unpaired) electrons. The van der Waals surface area contributed by atoms with Crippen LogP contribution in [0.2, 0.25) is 0 Å². The highest BCUT2D eigenvalue weighted by Crippen LogP contribution is 2.23. The first-order valence-corrected chi connectivity index (χ1v) is 5.53. The van der Waals surface area contributed by atoms with E-state index in [0.29, 0.717) is 0 Å². The van der Waals surface area contributed by atoms with Gasteiger partial charge in [-0.25, -0.2) is 0 Å². The summed E-state index contributed by atoms with van der Waals surface area (Å²) in [4.78, 5) is 12.1. The van der Waals surface area contributed by atoms with Crippen molar-refractivity contribution in [2.24, 2.45) is 10.4 Å². The van der Waals surface area contributed by atoms with Gasteiger partial charge >= 0.3 is 0 Å². The molecule has 1 heterocycles. The maximum atomic E-state index is 10.1. The highest BCUT2D eigenvalue weighted by Gasteiger charge is 2.20. The molecule has 5 heteroatoms. The molecule has 0 bridgehead atoms. The third-order valence-corrected chi connectivity index (χ3v) is 2.92.